The number of hydrogen-bond acceptors (Lipinski definition) is 7. The van der Waals surface area contributed by atoms with Crippen molar-refractivity contribution in [2.45, 2.75) is 126 Å². The van der Waals surface area contributed by atoms with Gasteiger partial charge in [-0.1, -0.05) is 76.8 Å². The van der Waals surface area contributed by atoms with Crippen LogP contribution in [0.3, 0.4) is 0 Å². The highest BCUT2D eigenvalue weighted by molar-refractivity contribution is 5.80. The van der Waals surface area contributed by atoms with Gasteiger partial charge in [-0.2, -0.15) is 0 Å². The summed E-state index contributed by atoms with van der Waals surface area (Å²) in [5.41, 5.74) is 6.59. The van der Waals surface area contributed by atoms with E-state index in [4.69, 9.17) is 9.53 Å². The normalized spacial score (nSPS) is 10.9. The minimum Gasteiger partial charge on any atom is -0.485 e. The number of ether oxygens (including phenoxy) is 1. The molecule has 2 atom stereocenters. The van der Waals surface area contributed by atoms with Gasteiger partial charge in [-0.25, -0.2) is 0 Å². The lowest BCUT2D eigenvalue weighted by Gasteiger charge is -2.22. The van der Waals surface area contributed by atoms with Crippen LogP contribution in [-0.2, 0) is 35.1 Å². The van der Waals surface area contributed by atoms with Crippen molar-refractivity contribution < 1.29 is 28.7 Å². The predicted octanol–water partition coefficient (Wildman–Crippen LogP) is 6.09. The summed E-state index contributed by atoms with van der Waals surface area (Å²) in [6.07, 6.45) is 9.17. The number of nitrogens with one attached hydrogen (secondary N) is 4. The van der Waals surface area contributed by atoms with E-state index in [0.717, 1.165) is 32.0 Å². The third-order valence-electron chi connectivity index (χ3n) is 5.96. The molecule has 0 fully saturated rings. The van der Waals surface area contributed by atoms with Crippen LogP contribution >= 0.6 is 0 Å². The maximum absolute atomic E-state index is 11.5. The second-order valence-corrected chi connectivity index (χ2v) is 10.4. The van der Waals surface area contributed by atoms with Crippen molar-refractivity contribution in [3.63, 3.8) is 0 Å². The van der Waals surface area contributed by atoms with Gasteiger partial charge in [0, 0.05) is 19.4 Å². The monoisotopic (exact) mass is 674 g/mol. The molecule has 0 aliphatic rings. The lowest BCUT2D eigenvalue weighted by molar-refractivity contribution is -0.123. The van der Waals surface area contributed by atoms with Crippen LogP contribution in [0.25, 0.3) is 5.57 Å². The van der Waals surface area contributed by atoms with Gasteiger partial charge in [0.15, 0.2) is 5.76 Å². The topological polar surface area (TPSA) is 143 Å². The summed E-state index contributed by atoms with van der Waals surface area (Å²) in [5.74, 6) is 0.0427. The number of carbonyl (C=O) groups excluding carboxylic acids is 5. The van der Waals surface area contributed by atoms with Crippen molar-refractivity contribution in [3.8, 4) is 0 Å². The number of benzene rings is 1. The largest absolute Gasteiger partial charge is 0.485 e. The Morgan fingerprint density at radius 2 is 1.62 bits per heavy atom. The third kappa shape index (κ3) is 30.6. The molecular weight excluding hydrogens is 608 g/mol. The molecule has 1 aromatic carbocycles. The van der Waals surface area contributed by atoms with E-state index in [2.05, 4.69) is 84.7 Å². The van der Waals surface area contributed by atoms with Crippen molar-refractivity contribution in [2.75, 3.05) is 20.1 Å². The molecule has 274 valence electrons. The van der Waals surface area contributed by atoms with E-state index in [1.54, 1.807) is 6.92 Å². The summed E-state index contributed by atoms with van der Waals surface area (Å²) in [7, 11) is 1.98. The number of aldehydes is 2. The van der Waals surface area contributed by atoms with Gasteiger partial charge in [-0.15, -0.1) is 0 Å². The minimum atomic E-state index is -0.481. The van der Waals surface area contributed by atoms with Crippen LogP contribution in [0, 0.1) is 0 Å². The van der Waals surface area contributed by atoms with Crippen molar-refractivity contribution in [3.05, 3.63) is 59.5 Å². The van der Waals surface area contributed by atoms with Gasteiger partial charge in [-0.3, -0.25) is 14.4 Å². The zero-order valence-electron chi connectivity index (χ0n) is 31.7. The molecule has 2 unspecified atom stereocenters. The van der Waals surface area contributed by atoms with E-state index in [1.807, 2.05) is 41.7 Å². The molecule has 3 amide bonds. The first-order valence-electron chi connectivity index (χ1n) is 17.0. The molecule has 0 heterocycles. The summed E-state index contributed by atoms with van der Waals surface area (Å²) in [5, 5.41) is 10.9. The first-order valence-corrected chi connectivity index (χ1v) is 17.0. The second kappa shape index (κ2) is 37.4. The second-order valence-electron chi connectivity index (χ2n) is 10.4. The predicted molar refractivity (Wildman–Crippen MR) is 199 cm³/mol. The fourth-order valence-corrected chi connectivity index (χ4v) is 3.99. The van der Waals surface area contributed by atoms with Gasteiger partial charge < -0.3 is 35.6 Å². The quantitative estimate of drug-likeness (QED) is 0.0639. The van der Waals surface area contributed by atoms with Crippen LogP contribution in [0.2, 0.25) is 0 Å². The number of carbonyl (C=O) groups is 5. The molecule has 0 aliphatic heterocycles. The summed E-state index contributed by atoms with van der Waals surface area (Å²) in [6.45, 7) is 23.7. The molecule has 0 radical (unpaired) electrons. The lowest BCUT2D eigenvalue weighted by atomic mass is 9.93. The van der Waals surface area contributed by atoms with E-state index in [0.29, 0.717) is 18.6 Å². The Kier molecular flexibility index (Phi) is 39.7. The molecule has 10 nitrogen and oxygen atoms in total. The highest BCUT2D eigenvalue weighted by atomic mass is 16.5. The van der Waals surface area contributed by atoms with E-state index >= 15 is 0 Å². The van der Waals surface area contributed by atoms with Crippen LogP contribution in [0.15, 0.2) is 48.4 Å². The van der Waals surface area contributed by atoms with Gasteiger partial charge in [0.25, 0.3) is 0 Å². The number of unbranched alkanes of at least 4 members (excludes halogenated alkanes) is 1. The Bertz CT molecular complexity index is 1060. The van der Waals surface area contributed by atoms with E-state index < -0.39 is 6.04 Å². The number of hydrogen-bond donors (Lipinski definition) is 4. The standard InChI is InChI=1S/C16H23NO.C13H20N2O4.C5H13N.C2H4O.C2H6/c1-5-14-9-7-8-10-16(14)15(6-2)11-12(3)17-13(4)18;1-4-12(19-10(2)3)11(6-5-7-16)15-13(18)8-14-9-17;1-3-4-5-6-2;1-2-3;1-2/h6-10,12H,5,11H2,1-4H3,(H,17,18);7,9-11H,1,5-6,8H2,2-3H3,(H,14,17)(H,15,18);6H,3-5H2,1-2H3;2H,1H3;1-2H3/b15-6-;;;;. The first-order chi connectivity index (χ1) is 23.0. The Balaban J connectivity index is -0.000000309. The van der Waals surface area contributed by atoms with Crippen LogP contribution in [-0.4, -0.2) is 69.1 Å². The van der Waals surface area contributed by atoms with E-state index in [9.17, 15) is 19.2 Å². The zero-order valence-corrected chi connectivity index (χ0v) is 31.7. The molecular formula is C38H66N4O6. The molecule has 4 N–H and O–H groups in total. The summed E-state index contributed by atoms with van der Waals surface area (Å²) in [6, 6.07) is 8.16. The Morgan fingerprint density at radius 3 is 2.04 bits per heavy atom. The number of aryl methyl sites for hydroxylation is 1. The molecule has 48 heavy (non-hydrogen) atoms. The van der Waals surface area contributed by atoms with Gasteiger partial charge in [0.05, 0.1) is 18.7 Å². The molecule has 0 aromatic heterocycles. The summed E-state index contributed by atoms with van der Waals surface area (Å²) < 4.78 is 5.49. The van der Waals surface area contributed by atoms with Gasteiger partial charge in [0.1, 0.15) is 12.6 Å². The Labute approximate surface area is 291 Å². The Hall–Kier alpha value is -4.01. The van der Waals surface area contributed by atoms with Crippen LogP contribution in [0.5, 0.6) is 0 Å². The fourth-order valence-electron chi connectivity index (χ4n) is 3.99. The molecule has 10 heteroatoms. The van der Waals surface area contributed by atoms with E-state index in [1.165, 1.54) is 36.5 Å². The molecule has 1 rings (SSSR count). The lowest BCUT2D eigenvalue weighted by Crippen LogP contribution is -2.42. The van der Waals surface area contributed by atoms with Gasteiger partial charge in [0.2, 0.25) is 18.2 Å². The van der Waals surface area contributed by atoms with Crippen molar-refractivity contribution in [1.82, 2.24) is 21.3 Å². The van der Waals surface area contributed by atoms with Crippen molar-refractivity contribution in [2.24, 2.45) is 0 Å². The Morgan fingerprint density at radius 1 is 1.02 bits per heavy atom. The fraction of sp³-hybridized carbons (Fsp3) is 0.579. The molecule has 0 spiro atoms. The number of amides is 3. The maximum Gasteiger partial charge on any atom is 0.239 e. The SMILES string of the molecule is C/C=C(/CC(C)NC(C)=O)c1ccccc1CC.C=C=C(OC(C)C)C(CCC=O)NC(=O)CNC=O.CC.CC=O.CCCCNC. The van der Waals surface area contributed by atoms with Crippen LogP contribution < -0.4 is 21.3 Å². The van der Waals surface area contributed by atoms with Gasteiger partial charge in [-0.05, 0) is 90.6 Å². The highest BCUT2D eigenvalue weighted by Crippen LogP contribution is 2.24. The summed E-state index contributed by atoms with van der Waals surface area (Å²) >= 11 is 0. The van der Waals surface area contributed by atoms with Crippen LogP contribution in [0.1, 0.15) is 112 Å². The third-order valence-corrected chi connectivity index (χ3v) is 5.96. The smallest absolute Gasteiger partial charge is 0.239 e. The highest BCUT2D eigenvalue weighted by Gasteiger charge is 2.19. The summed E-state index contributed by atoms with van der Waals surface area (Å²) in [4.78, 5) is 52.0. The molecule has 0 saturated carbocycles. The van der Waals surface area contributed by atoms with Crippen LogP contribution in [0.4, 0.5) is 0 Å². The first kappa shape index (κ1) is 50.8. The van der Waals surface area contributed by atoms with E-state index in [-0.39, 0.29) is 36.9 Å². The molecule has 0 aliphatic carbocycles. The minimum absolute atomic E-state index is 0.0294. The molecule has 1 aromatic rings. The molecule has 0 bridgehead atoms. The maximum atomic E-state index is 11.5. The van der Waals surface area contributed by atoms with Crippen molar-refractivity contribution >= 4 is 36.4 Å². The number of rotatable bonds is 18. The molecule has 0 saturated heterocycles. The average molecular weight is 675 g/mol. The van der Waals surface area contributed by atoms with Crippen molar-refractivity contribution in [1.29, 1.82) is 0 Å². The zero-order chi connectivity index (χ0) is 37.8. The average Bonchev–Trinajstić information content (AvgIpc) is 3.07. The van der Waals surface area contributed by atoms with Gasteiger partial charge >= 0.3 is 0 Å². The number of allylic oxidation sites excluding steroid dienone is 1.